The van der Waals surface area contributed by atoms with Crippen molar-refractivity contribution in [2.45, 2.75) is 96.9 Å². The monoisotopic (exact) mass is 422 g/mol. The fraction of sp³-hybridized carbons (Fsp3) is 0.960. The minimum absolute atomic E-state index is 0.111. The Kier molecular flexibility index (Phi) is 6.04. The number of carbonyl (C=O) groups is 1. The van der Waals surface area contributed by atoms with Crippen LogP contribution in [0.25, 0.3) is 0 Å². The molecule has 0 aromatic carbocycles. The zero-order chi connectivity index (χ0) is 21.8. The summed E-state index contributed by atoms with van der Waals surface area (Å²) in [4.78, 5) is 11.7. The van der Waals surface area contributed by atoms with Gasteiger partial charge in [0.15, 0.2) is 0 Å². The first-order valence-electron chi connectivity index (χ1n) is 12.2. The first-order chi connectivity index (χ1) is 14.1. The molecular formula is C25H42O5. The number of hydrogen-bond acceptors (Lipinski definition) is 5. The van der Waals surface area contributed by atoms with Crippen LogP contribution in [0.3, 0.4) is 0 Å². The van der Waals surface area contributed by atoms with Gasteiger partial charge in [-0.3, -0.25) is 4.79 Å². The molecule has 0 amide bonds. The molecule has 4 rings (SSSR count). The second-order valence-electron chi connectivity index (χ2n) is 11.6. The van der Waals surface area contributed by atoms with E-state index < -0.39 is 0 Å². The molecule has 0 saturated heterocycles. The lowest BCUT2D eigenvalue weighted by atomic mass is 9.43. The zero-order valence-corrected chi connectivity index (χ0v) is 19.2. The van der Waals surface area contributed by atoms with Crippen LogP contribution in [-0.4, -0.2) is 46.7 Å². The summed E-state index contributed by atoms with van der Waals surface area (Å²) in [5.41, 5.74) is -0.0882. The number of aliphatic hydroxyl groups is 3. The Morgan fingerprint density at radius 3 is 2.50 bits per heavy atom. The molecule has 0 heterocycles. The summed E-state index contributed by atoms with van der Waals surface area (Å²) in [6.07, 6.45) is 6.60. The van der Waals surface area contributed by atoms with E-state index in [2.05, 4.69) is 20.8 Å². The van der Waals surface area contributed by atoms with E-state index in [9.17, 15) is 20.1 Å². The number of esters is 1. The number of methoxy groups -OCH3 is 1. The van der Waals surface area contributed by atoms with Gasteiger partial charge in [0.1, 0.15) is 0 Å². The predicted octanol–water partition coefficient (Wildman–Crippen LogP) is 3.54. The molecule has 0 bridgehead atoms. The average Bonchev–Trinajstić information content (AvgIpc) is 3.06. The Hall–Kier alpha value is -0.650. The molecule has 5 nitrogen and oxygen atoms in total. The fourth-order valence-corrected chi connectivity index (χ4v) is 8.78. The SMILES string of the molecule is COC(=O)CCC(C)[C@H]1CC[C@H]2[C@H]3[C@H](O)C[C@@H]4C[C@H](O)CC[C@]4(C)[C@H]3C[C@H](O)[C@]12C. The lowest BCUT2D eigenvalue weighted by Crippen LogP contribution is -2.62. The molecule has 0 spiro atoms. The van der Waals surface area contributed by atoms with Crippen molar-refractivity contribution in [3.8, 4) is 0 Å². The maximum atomic E-state index is 11.7. The maximum Gasteiger partial charge on any atom is 0.305 e. The summed E-state index contributed by atoms with van der Waals surface area (Å²) in [6.45, 7) is 6.85. The molecule has 0 aliphatic heterocycles. The molecule has 1 unspecified atom stereocenters. The van der Waals surface area contributed by atoms with Gasteiger partial charge in [-0.2, -0.15) is 0 Å². The summed E-state index contributed by atoms with van der Waals surface area (Å²) >= 11 is 0. The summed E-state index contributed by atoms with van der Waals surface area (Å²) in [7, 11) is 1.44. The van der Waals surface area contributed by atoms with E-state index in [1.165, 1.54) is 7.11 Å². The molecule has 0 radical (unpaired) electrons. The highest BCUT2D eigenvalue weighted by Gasteiger charge is 2.65. The summed E-state index contributed by atoms with van der Waals surface area (Å²) in [5.74, 6) is 1.81. The van der Waals surface area contributed by atoms with Gasteiger partial charge in [-0.05, 0) is 97.7 Å². The van der Waals surface area contributed by atoms with Crippen LogP contribution >= 0.6 is 0 Å². The van der Waals surface area contributed by atoms with Gasteiger partial charge < -0.3 is 20.1 Å². The minimum atomic E-state index is -0.369. The van der Waals surface area contributed by atoms with E-state index in [0.717, 1.165) is 51.4 Å². The van der Waals surface area contributed by atoms with Crippen molar-refractivity contribution < 1.29 is 24.9 Å². The molecular weight excluding hydrogens is 380 g/mol. The summed E-state index contributed by atoms with van der Waals surface area (Å²) in [5, 5.41) is 33.1. The third-order valence-corrected chi connectivity index (χ3v) is 10.6. The van der Waals surface area contributed by atoms with E-state index in [1.807, 2.05) is 0 Å². The summed E-state index contributed by atoms with van der Waals surface area (Å²) in [6, 6.07) is 0. The van der Waals surface area contributed by atoms with Gasteiger partial charge in [0, 0.05) is 6.42 Å². The van der Waals surface area contributed by atoms with E-state index in [1.54, 1.807) is 0 Å². The molecule has 11 atom stereocenters. The third kappa shape index (κ3) is 3.34. The van der Waals surface area contributed by atoms with Crippen molar-refractivity contribution in [2.24, 2.45) is 46.3 Å². The molecule has 30 heavy (non-hydrogen) atoms. The van der Waals surface area contributed by atoms with Crippen LogP contribution in [0.15, 0.2) is 0 Å². The lowest BCUT2D eigenvalue weighted by molar-refractivity contribution is -0.207. The molecule has 4 fully saturated rings. The van der Waals surface area contributed by atoms with Crippen molar-refractivity contribution in [3.05, 3.63) is 0 Å². The van der Waals surface area contributed by atoms with E-state index in [4.69, 9.17) is 4.74 Å². The minimum Gasteiger partial charge on any atom is -0.469 e. The quantitative estimate of drug-likeness (QED) is 0.603. The normalized spacial score (nSPS) is 51.4. The number of aliphatic hydroxyl groups excluding tert-OH is 3. The number of fused-ring (bicyclic) bond motifs is 5. The van der Waals surface area contributed by atoms with Gasteiger partial charge in [0.2, 0.25) is 0 Å². The molecule has 172 valence electrons. The van der Waals surface area contributed by atoms with Crippen LogP contribution in [0.1, 0.15) is 78.6 Å². The van der Waals surface area contributed by atoms with Crippen molar-refractivity contribution in [1.29, 1.82) is 0 Å². The Morgan fingerprint density at radius 2 is 1.80 bits per heavy atom. The largest absolute Gasteiger partial charge is 0.469 e. The summed E-state index contributed by atoms with van der Waals surface area (Å²) < 4.78 is 4.83. The molecule has 5 heteroatoms. The van der Waals surface area contributed by atoms with Gasteiger partial charge >= 0.3 is 5.97 Å². The third-order valence-electron chi connectivity index (χ3n) is 10.6. The van der Waals surface area contributed by atoms with Crippen molar-refractivity contribution in [1.82, 2.24) is 0 Å². The lowest BCUT2D eigenvalue weighted by Gasteiger charge is -2.63. The van der Waals surface area contributed by atoms with Crippen LogP contribution < -0.4 is 0 Å². The van der Waals surface area contributed by atoms with Gasteiger partial charge in [-0.25, -0.2) is 0 Å². The topological polar surface area (TPSA) is 87.0 Å². The highest BCUT2D eigenvalue weighted by atomic mass is 16.5. The van der Waals surface area contributed by atoms with Crippen molar-refractivity contribution in [3.63, 3.8) is 0 Å². The Labute approximate surface area is 181 Å². The molecule has 0 aromatic heterocycles. The predicted molar refractivity (Wildman–Crippen MR) is 114 cm³/mol. The van der Waals surface area contributed by atoms with Gasteiger partial charge in [0.25, 0.3) is 0 Å². The van der Waals surface area contributed by atoms with Gasteiger partial charge in [0.05, 0.1) is 25.4 Å². The number of hydrogen-bond donors (Lipinski definition) is 3. The zero-order valence-electron chi connectivity index (χ0n) is 19.2. The Balaban J connectivity index is 1.58. The van der Waals surface area contributed by atoms with Crippen LogP contribution in [-0.2, 0) is 9.53 Å². The highest BCUT2D eigenvalue weighted by molar-refractivity contribution is 5.69. The Bertz CT molecular complexity index is 651. The van der Waals surface area contributed by atoms with Crippen molar-refractivity contribution >= 4 is 5.97 Å². The molecule has 4 saturated carbocycles. The van der Waals surface area contributed by atoms with E-state index in [-0.39, 0.29) is 41.0 Å². The highest BCUT2D eigenvalue weighted by Crippen LogP contribution is 2.68. The number of ether oxygens (including phenoxy) is 1. The first-order valence-corrected chi connectivity index (χ1v) is 12.2. The van der Waals surface area contributed by atoms with Gasteiger partial charge in [-0.15, -0.1) is 0 Å². The second kappa shape index (κ2) is 8.04. The van der Waals surface area contributed by atoms with E-state index in [0.29, 0.717) is 36.0 Å². The van der Waals surface area contributed by atoms with Crippen LogP contribution in [0.4, 0.5) is 0 Å². The van der Waals surface area contributed by atoms with Crippen LogP contribution in [0.5, 0.6) is 0 Å². The first kappa shape index (κ1) is 22.5. The fourth-order valence-electron chi connectivity index (χ4n) is 8.78. The number of carbonyl (C=O) groups excluding carboxylic acids is 1. The van der Waals surface area contributed by atoms with Crippen LogP contribution in [0.2, 0.25) is 0 Å². The second-order valence-corrected chi connectivity index (χ2v) is 11.6. The van der Waals surface area contributed by atoms with E-state index >= 15 is 0 Å². The van der Waals surface area contributed by atoms with Gasteiger partial charge in [-0.1, -0.05) is 20.8 Å². The smallest absolute Gasteiger partial charge is 0.305 e. The van der Waals surface area contributed by atoms with Crippen molar-refractivity contribution in [2.75, 3.05) is 7.11 Å². The maximum absolute atomic E-state index is 11.7. The van der Waals surface area contributed by atoms with Crippen LogP contribution in [0, 0.1) is 46.3 Å². The number of rotatable bonds is 4. The molecule has 3 N–H and O–H groups in total. The molecule has 4 aliphatic rings. The average molecular weight is 423 g/mol. The molecule has 0 aromatic rings. The Morgan fingerprint density at radius 1 is 1.07 bits per heavy atom. The standard InChI is InChI=1S/C25H42O5/c1-14(5-8-22(29)30-4)17-6-7-18-23-19(13-21(28)25(17,18)3)24(2)10-9-16(26)11-15(24)12-20(23)27/h14-21,23,26-28H,5-13H2,1-4H3/t14?,15-,16+,17+,18-,19-,20+,21-,23+,24-,25+/m0/s1. The molecule has 4 aliphatic carbocycles.